The summed E-state index contributed by atoms with van der Waals surface area (Å²) in [7, 11) is 0. The Morgan fingerprint density at radius 2 is 1.47 bits per heavy atom. The average molecular weight is 501 g/mol. The van der Waals surface area contributed by atoms with Crippen molar-refractivity contribution in [1.82, 2.24) is 0 Å². The second-order valence-electron chi connectivity index (χ2n) is 15.5. The van der Waals surface area contributed by atoms with Gasteiger partial charge in [0.05, 0.1) is 5.41 Å². The summed E-state index contributed by atoms with van der Waals surface area (Å²) in [4.78, 5) is 24.8. The molecule has 0 saturated heterocycles. The first-order valence-corrected chi connectivity index (χ1v) is 15.1. The second-order valence-corrected chi connectivity index (χ2v) is 15.5. The van der Waals surface area contributed by atoms with E-state index in [1.807, 2.05) is 0 Å². The van der Waals surface area contributed by atoms with E-state index >= 15 is 0 Å². The van der Waals surface area contributed by atoms with Crippen molar-refractivity contribution < 1.29 is 19.4 Å². The van der Waals surface area contributed by atoms with Crippen LogP contribution in [0.1, 0.15) is 120 Å². The molecule has 4 heteroatoms. The summed E-state index contributed by atoms with van der Waals surface area (Å²) in [6.45, 7) is 18.8. The van der Waals surface area contributed by atoms with Crippen LogP contribution in [-0.2, 0) is 14.3 Å². The molecule has 0 unspecified atom stereocenters. The molecular formula is C32H52O4. The third kappa shape index (κ3) is 3.23. The number of carboxylic acids is 1. The van der Waals surface area contributed by atoms with Gasteiger partial charge in [-0.15, -0.1) is 0 Å². The molecule has 0 heterocycles. The van der Waals surface area contributed by atoms with Crippen LogP contribution >= 0.6 is 0 Å². The maximum Gasteiger partial charge on any atom is 0.309 e. The van der Waals surface area contributed by atoms with E-state index in [4.69, 9.17) is 4.74 Å². The molecule has 0 aromatic carbocycles. The SMILES string of the molecule is CC(=O)O[C@H]1CC[C@]2(C)[C@H]3CC[C@@H]4[C@@H]5[C@@H](C)[C@H](C)CC[C@]5(C(=O)O)CC[C@@]4(C)[C@]3(C)CC[C@H]2C1(C)C. The first kappa shape index (κ1) is 26.5. The van der Waals surface area contributed by atoms with Gasteiger partial charge in [-0.25, -0.2) is 0 Å². The summed E-state index contributed by atoms with van der Waals surface area (Å²) >= 11 is 0. The topological polar surface area (TPSA) is 63.6 Å². The van der Waals surface area contributed by atoms with E-state index in [1.165, 1.54) is 25.7 Å². The van der Waals surface area contributed by atoms with Crippen molar-refractivity contribution in [1.29, 1.82) is 0 Å². The molecule has 1 N–H and O–H groups in total. The van der Waals surface area contributed by atoms with Crippen molar-refractivity contribution in [2.75, 3.05) is 0 Å². The minimum absolute atomic E-state index is 0.0137. The zero-order valence-corrected chi connectivity index (χ0v) is 24.3. The molecule has 204 valence electrons. The summed E-state index contributed by atoms with van der Waals surface area (Å²) in [5.74, 6) is 2.44. The molecule has 0 radical (unpaired) electrons. The fraction of sp³-hybridized carbons (Fsp3) is 0.938. The van der Waals surface area contributed by atoms with Crippen LogP contribution in [0.15, 0.2) is 0 Å². The minimum atomic E-state index is -0.512. The van der Waals surface area contributed by atoms with Crippen molar-refractivity contribution in [3.05, 3.63) is 0 Å². The number of rotatable bonds is 2. The summed E-state index contributed by atoms with van der Waals surface area (Å²) in [6.07, 6.45) is 10.8. The number of esters is 1. The van der Waals surface area contributed by atoms with Gasteiger partial charge in [0.15, 0.2) is 0 Å². The predicted octanol–water partition coefficient (Wildman–Crippen LogP) is 7.74. The van der Waals surface area contributed by atoms with E-state index in [0.29, 0.717) is 35.5 Å². The summed E-state index contributed by atoms with van der Waals surface area (Å²) in [5.41, 5.74) is 0.140. The highest BCUT2D eigenvalue weighted by molar-refractivity contribution is 5.75. The van der Waals surface area contributed by atoms with E-state index < -0.39 is 11.4 Å². The van der Waals surface area contributed by atoms with Gasteiger partial charge in [0.25, 0.3) is 0 Å². The lowest BCUT2D eigenvalue weighted by Gasteiger charge is -2.73. The number of carboxylic acid groups (broad SMARTS) is 1. The largest absolute Gasteiger partial charge is 0.481 e. The Labute approximate surface area is 219 Å². The maximum absolute atomic E-state index is 12.9. The van der Waals surface area contributed by atoms with Gasteiger partial charge in [0.1, 0.15) is 6.10 Å². The number of hydrogen-bond acceptors (Lipinski definition) is 3. The molecule has 4 nitrogen and oxygen atoms in total. The van der Waals surface area contributed by atoms with E-state index in [0.717, 1.165) is 38.5 Å². The molecule has 0 amide bonds. The number of carbonyl (C=O) groups is 2. The van der Waals surface area contributed by atoms with E-state index in [-0.39, 0.29) is 33.7 Å². The first-order valence-electron chi connectivity index (χ1n) is 15.1. The molecule has 5 saturated carbocycles. The van der Waals surface area contributed by atoms with Crippen LogP contribution < -0.4 is 0 Å². The van der Waals surface area contributed by atoms with Crippen molar-refractivity contribution in [2.24, 2.45) is 62.6 Å². The number of carbonyl (C=O) groups excluding carboxylic acids is 1. The van der Waals surface area contributed by atoms with E-state index in [2.05, 4.69) is 48.5 Å². The maximum atomic E-state index is 12.9. The van der Waals surface area contributed by atoms with Crippen LogP contribution in [0.4, 0.5) is 0 Å². The highest BCUT2D eigenvalue weighted by Crippen LogP contribution is 2.77. The summed E-state index contributed by atoms with van der Waals surface area (Å²) in [6, 6.07) is 0. The Bertz CT molecular complexity index is 925. The quantitative estimate of drug-likeness (QED) is 0.394. The Morgan fingerprint density at radius 1 is 0.778 bits per heavy atom. The number of hydrogen-bond donors (Lipinski definition) is 1. The highest BCUT2D eigenvalue weighted by atomic mass is 16.5. The predicted molar refractivity (Wildman–Crippen MR) is 142 cm³/mol. The van der Waals surface area contributed by atoms with Gasteiger partial charge in [0, 0.05) is 12.3 Å². The normalized spacial score (nSPS) is 53.7. The monoisotopic (exact) mass is 500 g/mol. The van der Waals surface area contributed by atoms with E-state index in [9.17, 15) is 14.7 Å². The molecule has 0 aromatic heterocycles. The Hall–Kier alpha value is -1.06. The van der Waals surface area contributed by atoms with Gasteiger partial charge in [-0.05, 0) is 116 Å². The van der Waals surface area contributed by atoms with Crippen molar-refractivity contribution in [3.8, 4) is 0 Å². The van der Waals surface area contributed by atoms with Crippen LogP contribution in [0, 0.1) is 62.6 Å². The van der Waals surface area contributed by atoms with Crippen molar-refractivity contribution in [2.45, 2.75) is 126 Å². The number of aliphatic carboxylic acids is 1. The number of fused-ring (bicyclic) bond motifs is 7. The lowest BCUT2D eigenvalue weighted by molar-refractivity contribution is -0.259. The Morgan fingerprint density at radius 3 is 2.11 bits per heavy atom. The van der Waals surface area contributed by atoms with Gasteiger partial charge in [-0.3, -0.25) is 9.59 Å². The zero-order valence-electron chi connectivity index (χ0n) is 24.3. The Balaban J connectivity index is 1.52. The molecular weight excluding hydrogens is 448 g/mol. The average Bonchev–Trinajstić information content (AvgIpc) is 2.78. The van der Waals surface area contributed by atoms with Gasteiger partial charge in [-0.1, -0.05) is 48.5 Å². The van der Waals surface area contributed by atoms with Crippen LogP contribution in [0.5, 0.6) is 0 Å². The molecule has 11 atom stereocenters. The molecule has 5 rings (SSSR count). The minimum Gasteiger partial charge on any atom is -0.481 e. The Kier molecular flexibility index (Phi) is 6.06. The second kappa shape index (κ2) is 8.22. The van der Waals surface area contributed by atoms with Crippen LogP contribution in [0.3, 0.4) is 0 Å². The van der Waals surface area contributed by atoms with E-state index in [1.54, 1.807) is 6.92 Å². The summed E-state index contributed by atoms with van der Waals surface area (Å²) < 4.78 is 5.89. The highest BCUT2D eigenvalue weighted by Gasteiger charge is 2.71. The lowest BCUT2D eigenvalue weighted by atomic mass is 9.31. The molecule has 0 bridgehead atoms. The molecule has 0 spiro atoms. The third-order valence-corrected chi connectivity index (χ3v) is 14.3. The lowest BCUT2D eigenvalue weighted by Crippen LogP contribution is -2.68. The van der Waals surface area contributed by atoms with Gasteiger partial charge >= 0.3 is 11.9 Å². The smallest absolute Gasteiger partial charge is 0.309 e. The van der Waals surface area contributed by atoms with Gasteiger partial charge in [0.2, 0.25) is 0 Å². The van der Waals surface area contributed by atoms with Crippen LogP contribution in [-0.4, -0.2) is 23.1 Å². The molecule has 5 aliphatic rings. The standard InChI is InChI=1S/C32H52O4/c1-19-11-16-32(27(34)35)18-17-30(7)22(26(32)20(19)2)9-10-24-29(6)14-13-25(36-21(3)33)28(4,5)23(29)12-15-31(24,30)8/h19-20,22-26H,9-18H2,1-8H3,(H,34,35)/t19-,20+,22-,23+,24-,25+,26+,29+,30-,31-,32+/m1/s1. The number of ether oxygens (including phenoxy) is 1. The van der Waals surface area contributed by atoms with Gasteiger partial charge < -0.3 is 9.84 Å². The first-order chi connectivity index (χ1) is 16.6. The molecule has 5 aliphatic carbocycles. The van der Waals surface area contributed by atoms with Gasteiger partial charge in [-0.2, -0.15) is 0 Å². The zero-order chi connectivity index (χ0) is 26.5. The fourth-order valence-electron chi connectivity index (χ4n) is 12.1. The fourth-order valence-corrected chi connectivity index (χ4v) is 12.1. The molecule has 0 aromatic rings. The van der Waals surface area contributed by atoms with Crippen LogP contribution in [0.25, 0.3) is 0 Å². The molecule has 5 fully saturated rings. The van der Waals surface area contributed by atoms with Crippen molar-refractivity contribution >= 4 is 11.9 Å². The van der Waals surface area contributed by atoms with Crippen molar-refractivity contribution in [3.63, 3.8) is 0 Å². The summed E-state index contributed by atoms with van der Waals surface area (Å²) in [5, 5.41) is 10.6. The van der Waals surface area contributed by atoms with Crippen LogP contribution in [0.2, 0.25) is 0 Å². The molecule has 0 aliphatic heterocycles. The molecule has 36 heavy (non-hydrogen) atoms. The third-order valence-electron chi connectivity index (χ3n) is 14.3.